The van der Waals surface area contributed by atoms with Gasteiger partial charge in [0.1, 0.15) is 12.4 Å². The van der Waals surface area contributed by atoms with Crippen molar-refractivity contribution in [2.45, 2.75) is 13.1 Å². The van der Waals surface area contributed by atoms with Crippen molar-refractivity contribution in [2.75, 3.05) is 5.32 Å². The van der Waals surface area contributed by atoms with Crippen molar-refractivity contribution in [2.24, 2.45) is 0 Å². The topological polar surface area (TPSA) is 73.1 Å². The number of hydrogen-bond donors (Lipinski definition) is 1. The summed E-state index contributed by atoms with van der Waals surface area (Å²) in [5.74, 6) is -1.14. The van der Waals surface area contributed by atoms with Gasteiger partial charge in [0, 0.05) is 10.7 Å². The minimum atomic E-state index is -0.629. The van der Waals surface area contributed by atoms with Crippen molar-refractivity contribution in [3.63, 3.8) is 0 Å². The molecule has 6 nitrogen and oxygen atoms in total. The van der Waals surface area contributed by atoms with Crippen molar-refractivity contribution in [3.05, 3.63) is 109 Å². The number of carbonyl (C=O) groups excluding carboxylic acids is 1. The Kier molecular flexibility index (Phi) is 6.12. The monoisotopic (exact) mass is 471 g/mol. The van der Waals surface area contributed by atoms with Crippen molar-refractivity contribution in [1.82, 2.24) is 9.13 Å². The predicted octanol–water partition coefficient (Wildman–Crippen LogP) is 4.30. The highest BCUT2D eigenvalue weighted by Gasteiger charge is 2.16. The van der Waals surface area contributed by atoms with Gasteiger partial charge in [0.05, 0.1) is 22.5 Å². The van der Waals surface area contributed by atoms with Crippen LogP contribution in [0.1, 0.15) is 5.56 Å². The van der Waals surface area contributed by atoms with Crippen LogP contribution in [0.15, 0.2) is 76.3 Å². The Morgan fingerprint density at radius 3 is 2.38 bits per heavy atom. The van der Waals surface area contributed by atoms with Gasteiger partial charge in [-0.15, -0.1) is 0 Å². The average molecular weight is 472 g/mol. The van der Waals surface area contributed by atoms with Gasteiger partial charge in [-0.2, -0.15) is 0 Å². The van der Waals surface area contributed by atoms with Gasteiger partial charge >= 0.3 is 5.69 Å². The van der Waals surface area contributed by atoms with Gasteiger partial charge in [0.25, 0.3) is 5.56 Å². The number of aromatic nitrogens is 2. The summed E-state index contributed by atoms with van der Waals surface area (Å²) >= 11 is 11.7. The van der Waals surface area contributed by atoms with E-state index in [1.807, 2.05) is 0 Å². The number of fused-ring (bicyclic) bond motifs is 1. The van der Waals surface area contributed by atoms with Crippen molar-refractivity contribution >= 4 is 45.7 Å². The van der Waals surface area contributed by atoms with E-state index in [1.54, 1.807) is 48.5 Å². The molecule has 1 amide bonds. The maximum Gasteiger partial charge on any atom is 0.332 e. The maximum atomic E-state index is 13.4. The minimum absolute atomic E-state index is 0.0227. The van der Waals surface area contributed by atoms with Crippen LogP contribution >= 0.6 is 23.2 Å². The molecular formula is C23H16Cl2FN3O3. The quantitative estimate of drug-likeness (QED) is 0.471. The van der Waals surface area contributed by atoms with E-state index in [0.29, 0.717) is 21.5 Å². The van der Waals surface area contributed by atoms with Crippen LogP contribution < -0.4 is 16.6 Å². The SMILES string of the molecule is O=C(Cn1c(=O)n(Cc2ccc(Cl)cc2)c(=O)c2ccccc21)Nc1ccc(F)c(Cl)c1. The molecule has 0 radical (unpaired) electrons. The van der Waals surface area contributed by atoms with Crippen LogP contribution in [0.4, 0.5) is 10.1 Å². The smallest absolute Gasteiger partial charge is 0.324 e. The average Bonchev–Trinajstić information content (AvgIpc) is 2.78. The highest BCUT2D eigenvalue weighted by molar-refractivity contribution is 6.31. The third kappa shape index (κ3) is 4.44. The van der Waals surface area contributed by atoms with Gasteiger partial charge in [-0.3, -0.25) is 18.7 Å². The van der Waals surface area contributed by atoms with Crippen LogP contribution in [-0.4, -0.2) is 15.0 Å². The van der Waals surface area contributed by atoms with Crippen LogP contribution in [0.2, 0.25) is 10.0 Å². The lowest BCUT2D eigenvalue weighted by atomic mass is 10.2. The van der Waals surface area contributed by atoms with E-state index >= 15 is 0 Å². The van der Waals surface area contributed by atoms with E-state index < -0.39 is 23.0 Å². The standard InChI is InChI=1S/C23H16Cl2FN3O3/c24-15-7-5-14(6-8-15)12-29-22(31)17-3-1-2-4-20(17)28(23(29)32)13-21(30)27-16-9-10-19(26)18(25)11-16/h1-11H,12-13H2,(H,27,30). The van der Waals surface area contributed by atoms with E-state index in [4.69, 9.17) is 23.2 Å². The predicted molar refractivity (Wildman–Crippen MR) is 123 cm³/mol. The Morgan fingerprint density at radius 2 is 1.66 bits per heavy atom. The molecule has 0 fully saturated rings. The van der Waals surface area contributed by atoms with Gasteiger partial charge in [0.2, 0.25) is 5.91 Å². The molecular weight excluding hydrogens is 456 g/mol. The Labute approximate surface area is 191 Å². The van der Waals surface area contributed by atoms with Crippen molar-refractivity contribution in [1.29, 1.82) is 0 Å². The lowest BCUT2D eigenvalue weighted by Gasteiger charge is -2.14. The summed E-state index contributed by atoms with van der Waals surface area (Å²) in [6.07, 6.45) is 0. The van der Waals surface area contributed by atoms with E-state index in [-0.39, 0.29) is 23.8 Å². The molecule has 0 saturated carbocycles. The molecule has 1 N–H and O–H groups in total. The molecule has 0 aliphatic carbocycles. The number of anilines is 1. The fourth-order valence-corrected chi connectivity index (χ4v) is 3.66. The summed E-state index contributed by atoms with van der Waals surface area (Å²) in [5.41, 5.74) is 0.245. The van der Waals surface area contributed by atoms with Crippen molar-refractivity contribution in [3.8, 4) is 0 Å². The first-order chi connectivity index (χ1) is 15.3. The highest BCUT2D eigenvalue weighted by atomic mass is 35.5. The normalized spacial score (nSPS) is 11.0. The van der Waals surface area contributed by atoms with Gasteiger partial charge < -0.3 is 5.32 Å². The van der Waals surface area contributed by atoms with Gasteiger partial charge in [-0.05, 0) is 48.0 Å². The summed E-state index contributed by atoms with van der Waals surface area (Å²) in [6, 6.07) is 17.1. The molecule has 0 saturated heterocycles. The fourth-order valence-electron chi connectivity index (χ4n) is 3.35. The summed E-state index contributed by atoms with van der Waals surface area (Å²) < 4.78 is 15.7. The molecule has 9 heteroatoms. The molecule has 1 aromatic heterocycles. The second-order valence-electron chi connectivity index (χ2n) is 7.08. The molecule has 1 heterocycles. The second-order valence-corrected chi connectivity index (χ2v) is 7.92. The molecule has 0 spiro atoms. The third-order valence-corrected chi connectivity index (χ3v) is 5.43. The van der Waals surface area contributed by atoms with E-state index in [2.05, 4.69) is 5.32 Å². The zero-order chi connectivity index (χ0) is 22.8. The number of halogens is 3. The molecule has 0 aliphatic heterocycles. The molecule has 0 aliphatic rings. The number of carbonyl (C=O) groups is 1. The van der Waals surface area contributed by atoms with Crippen LogP contribution in [0, 0.1) is 5.82 Å². The summed E-state index contributed by atoms with van der Waals surface area (Å²) in [5, 5.41) is 3.29. The largest absolute Gasteiger partial charge is 0.332 e. The molecule has 0 atom stereocenters. The van der Waals surface area contributed by atoms with E-state index in [1.165, 1.54) is 16.7 Å². The zero-order valence-corrected chi connectivity index (χ0v) is 18.0. The fraction of sp³-hybridized carbons (Fsp3) is 0.0870. The summed E-state index contributed by atoms with van der Waals surface area (Å²) in [4.78, 5) is 38.9. The number of para-hydroxylation sites is 1. The first kappa shape index (κ1) is 21.8. The number of nitrogens with one attached hydrogen (secondary N) is 1. The van der Waals surface area contributed by atoms with Crippen molar-refractivity contribution < 1.29 is 9.18 Å². The Morgan fingerprint density at radius 1 is 0.938 bits per heavy atom. The minimum Gasteiger partial charge on any atom is -0.324 e. The molecule has 4 aromatic rings. The second kappa shape index (κ2) is 8.98. The molecule has 4 rings (SSSR count). The first-order valence-electron chi connectivity index (χ1n) is 9.55. The number of benzene rings is 3. The third-order valence-electron chi connectivity index (χ3n) is 4.89. The maximum absolute atomic E-state index is 13.4. The van der Waals surface area contributed by atoms with Gasteiger partial charge in [-0.1, -0.05) is 47.5 Å². The number of rotatable bonds is 5. The molecule has 32 heavy (non-hydrogen) atoms. The van der Waals surface area contributed by atoms with E-state index in [0.717, 1.165) is 10.6 Å². The number of nitrogens with zero attached hydrogens (tertiary/aromatic N) is 2. The van der Waals surface area contributed by atoms with Crippen LogP contribution in [0.5, 0.6) is 0 Å². The molecule has 162 valence electrons. The zero-order valence-electron chi connectivity index (χ0n) is 16.5. The highest BCUT2D eigenvalue weighted by Crippen LogP contribution is 2.19. The molecule has 0 unspecified atom stereocenters. The Balaban J connectivity index is 1.73. The van der Waals surface area contributed by atoms with Gasteiger partial charge in [0.15, 0.2) is 0 Å². The lowest BCUT2D eigenvalue weighted by Crippen LogP contribution is -2.42. The Hall–Kier alpha value is -3.42. The number of amides is 1. The van der Waals surface area contributed by atoms with Gasteiger partial charge in [-0.25, -0.2) is 9.18 Å². The summed E-state index contributed by atoms with van der Waals surface area (Å²) in [6.45, 7) is -0.329. The lowest BCUT2D eigenvalue weighted by molar-refractivity contribution is -0.116. The van der Waals surface area contributed by atoms with Crippen LogP contribution in [-0.2, 0) is 17.9 Å². The summed E-state index contributed by atoms with van der Waals surface area (Å²) in [7, 11) is 0. The Bertz CT molecular complexity index is 1450. The molecule has 0 bridgehead atoms. The molecule has 3 aromatic carbocycles. The van der Waals surface area contributed by atoms with Crippen LogP contribution in [0.25, 0.3) is 10.9 Å². The number of hydrogen-bond acceptors (Lipinski definition) is 3. The van der Waals surface area contributed by atoms with Crippen LogP contribution in [0.3, 0.4) is 0 Å². The first-order valence-corrected chi connectivity index (χ1v) is 10.3. The van der Waals surface area contributed by atoms with E-state index in [9.17, 15) is 18.8 Å².